The molecule has 2 heterocycles. The zero-order chi connectivity index (χ0) is 21.8. The molecular weight excluding hydrogens is 412 g/mol. The number of hydrogen-bond donors (Lipinski definition) is 2. The summed E-state index contributed by atoms with van der Waals surface area (Å²) in [6.45, 7) is 1.80. The molecule has 2 aliphatic rings. The summed E-state index contributed by atoms with van der Waals surface area (Å²) in [5, 5.41) is 18.9. The number of nitrogens with zero attached hydrogens (tertiary/aromatic N) is 3. The van der Waals surface area contributed by atoms with Crippen LogP contribution in [0.3, 0.4) is 0 Å². The van der Waals surface area contributed by atoms with Crippen LogP contribution in [0, 0.1) is 0 Å². The third-order valence-electron chi connectivity index (χ3n) is 4.57. The van der Waals surface area contributed by atoms with Crippen LogP contribution in [0.4, 0.5) is 0 Å². The molecule has 1 unspecified atom stereocenters. The van der Waals surface area contributed by atoms with Crippen LogP contribution in [-0.4, -0.2) is 70.6 Å². The van der Waals surface area contributed by atoms with Crippen LogP contribution < -0.4 is 5.32 Å². The van der Waals surface area contributed by atoms with Crippen molar-refractivity contribution in [2.75, 3.05) is 14.2 Å². The minimum Gasteiger partial charge on any atom is -0.477 e. The van der Waals surface area contributed by atoms with E-state index in [1.807, 2.05) is 0 Å². The van der Waals surface area contributed by atoms with E-state index in [1.165, 1.54) is 32.2 Å². The maximum atomic E-state index is 12.8. The predicted molar refractivity (Wildman–Crippen MR) is 110 cm³/mol. The van der Waals surface area contributed by atoms with Crippen LogP contribution in [0.25, 0.3) is 0 Å². The maximum Gasteiger partial charge on any atom is 0.353 e. The fourth-order valence-electron chi connectivity index (χ4n) is 3.21. The molecule has 2 N–H and O–H groups in total. The number of thioether (sulfide) groups is 1. The number of carboxylic acids is 1. The Labute approximate surface area is 176 Å². The molecule has 0 aliphatic carbocycles. The highest BCUT2D eigenvalue weighted by Crippen LogP contribution is 2.43. The number of aliphatic carboxylic acids is 1. The van der Waals surface area contributed by atoms with Gasteiger partial charge in [0.1, 0.15) is 31.3 Å². The molecule has 0 radical (unpaired) electrons. The van der Waals surface area contributed by atoms with E-state index in [1.54, 1.807) is 37.3 Å². The van der Waals surface area contributed by atoms with Gasteiger partial charge in [0.15, 0.2) is 5.71 Å². The highest BCUT2D eigenvalue weighted by molar-refractivity contribution is 8.00. The van der Waals surface area contributed by atoms with Gasteiger partial charge in [0, 0.05) is 16.4 Å². The first-order valence-corrected chi connectivity index (χ1v) is 9.85. The number of benzene rings is 1. The van der Waals surface area contributed by atoms with Gasteiger partial charge < -0.3 is 20.1 Å². The lowest BCUT2D eigenvalue weighted by molar-refractivity contribution is -0.150. The van der Waals surface area contributed by atoms with Crippen molar-refractivity contribution in [3.63, 3.8) is 0 Å². The summed E-state index contributed by atoms with van der Waals surface area (Å²) in [7, 11) is 2.66. The fourth-order valence-corrected chi connectivity index (χ4v) is 4.62. The van der Waals surface area contributed by atoms with Crippen molar-refractivity contribution in [3.8, 4) is 0 Å². The van der Waals surface area contributed by atoms with E-state index < -0.39 is 29.2 Å². The summed E-state index contributed by atoms with van der Waals surface area (Å²) in [4.78, 5) is 47.9. The lowest BCUT2D eigenvalue weighted by Crippen LogP contribution is -2.71. The van der Waals surface area contributed by atoms with E-state index in [0.717, 1.165) is 4.90 Å². The molecule has 0 aromatic heterocycles. The van der Waals surface area contributed by atoms with Crippen LogP contribution in [0.15, 0.2) is 51.9 Å². The van der Waals surface area contributed by atoms with Crippen molar-refractivity contribution in [2.45, 2.75) is 23.6 Å². The molecule has 3 atom stereocenters. The van der Waals surface area contributed by atoms with Crippen LogP contribution >= 0.6 is 11.8 Å². The number of β-lactam (4-membered cyclic amide) rings is 1. The van der Waals surface area contributed by atoms with E-state index in [2.05, 4.69) is 20.5 Å². The highest BCUT2D eigenvalue weighted by atomic mass is 32.2. The van der Waals surface area contributed by atoms with Gasteiger partial charge in [0.2, 0.25) is 0 Å². The van der Waals surface area contributed by atoms with Crippen LogP contribution in [-0.2, 0) is 24.1 Å². The SMILES string of the molecule is CON=CC1=C(C(=O)O)N2C(=O)C(NC(=O)/C(=N\OC)c3ccccc3)[C@@H]2S[C@@H]1C. The first-order chi connectivity index (χ1) is 14.4. The van der Waals surface area contributed by atoms with E-state index in [0.29, 0.717) is 11.1 Å². The minimum absolute atomic E-state index is 0.0140. The van der Waals surface area contributed by atoms with Crippen molar-refractivity contribution in [3.05, 3.63) is 47.2 Å². The van der Waals surface area contributed by atoms with Crippen molar-refractivity contribution in [1.29, 1.82) is 0 Å². The Kier molecular flexibility index (Phi) is 6.40. The number of fused-ring (bicyclic) bond motifs is 1. The van der Waals surface area contributed by atoms with Crippen molar-refractivity contribution >= 4 is 41.5 Å². The van der Waals surface area contributed by atoms with Gasteiger partial charge in [-0.1, -0.05) is 40.6 Å². The van der Waals surface area contributed by atoms with Crippen LogP contribution in [0.2, 0.25) is 0 Å². The maximum absolute atomic E-state index is 12.8. The summed E-state index contributed by atoms with van der Waals surface area (Å²) in [6.07, 6.45) is 1.29. The lowest BCUT2D eigenvalue weighted by Gasteiger charge is -2.50. The molecular formula is C19H20N4O6S. The van der Waals surface area contributed by atoms with Gasteiger partial charge in [-0.3, -0.25) is 14.5 Å². The molecule has 0 saturated carbocycles. The Morgan fingerprint density at radius 1 is 1.23 bits per heavy atom. The summed E-state index contributed by atoms with van der Waals surface area (Å²) in [5.74, 6) is -2.38. The summed E-state index contributed by atoms with van der Waals surface area (Å²) < 4.78 is 0. The summed E-state index contributed by atoms with van der Waals surface area (Å²) in [6, 6.07) is 7.77. The van der Waals surface area contributed by atoms with Gasteiger partial charge in [0.05, 0.1) is 6.21 Å². The minimum atomic E-state index is -1.26. The number of oxime groups is 2. The molecule has 2 amide bonds. The molecule has 0 spiro atoms. The van der Waals surface area contributed by atoms with E-state index >= 15 is 0 Å². The topological polar surface area (TPSA) is 130 Å². The third-order valence-corrected chi connectivity index (χ3v) is 5.99. The molecule has 1 fully saturated rings. The van der Waals surface area contributed by atoms with Crippen LogP contribution in [0.5, 0.6) is 0 Å². The largest absolute Gasteiger partial charge is 0.477 e. The first-order valence-electron chi connectivity index (χ1n) is 8.90. The molecule has 1 aromatic rings. The molecule has 11 heteroatoms. The second-order valence-corrected chi connectivity index (χ2v) is 7.81. The number of rotatable bonds is 7. The molecule has 10 nitrogen and oxygen atoms in total. The van der Waals surface area contributed by atoms with Crippen molar-refractivity contribution in [2.24, 2.45) is 10.3 Å². The summed E-state index contributed by atoms with van der Waals surface area (Å²) in [5.41, 5.74) is 0.723. The van der Waals surface area contributed by atoms with E-state index in [4.69, 9.17) is 4.84 Å². The van der Waals surface area contributed by atoms with Gasteiger partial charge in [-0.05, 0) is 6.92 Å². The molecule has 1 saturated heterocycles. The second kappa shape index (κ2) is 8.99. The summed E-state index contributed by atoms with van der Waals surface area (Å²) >= 11 is 1.34. The predicted octanol–water partition coefficient (Wildman–Crippen LogP) is 0.796. The van der Waals surface area contributed by atoms with Gasteiger partial charge >= 0.3 is 5.97 Å². The zero-order valence-corrected chi connectivity index (χ0v) is 17.3. The monoisotopic (exact) mass is 432 g/mol. The molecule has 3 rings (SSSR count). The average molecular weight is 432 g/mol. The second-order valence-electron chi connectivity index (χ2n) is 6.34. The number of carbonyl (C=O) groups is 3. The van der Waals surface area contributed by atoms with Gasteiger partial charge in [-0.25, -0.2) is 4.79 Å². The van der Waals surface area contributed by atoms with E-state index in [-0.39, 0.29) is 16.7 Å². The number of nitrogens with one attached hydrogen (secondary N) is 1. The molecule has 1 aromatic carbocycles. The van der Waals surface area contributed by atoms with E-state index in [9.17, 15) is 19.5 Å². The Morgan fingerprint density at radius 2 is 1.93 bits per heavy atom. The molecule has 2 aliphatic heterocycles. The van der Waals surface area contributed by atoms with Crippen molar-refractivity contribution in [1.82, 2.24) is 10.2 Å². The first kappa shape index (κ1) is 21.4. The Hall–Kier alpha value is -3.34. The standard InChI is InChI=1S/C19H20N4O6S/c1-10-12(9-20-28-2)15(19(26)27)23-17(25)14(18(23)30-10)21-16(24)13(22-29-3)11-7-5-4-6-8-11/h4-10,14,18H,1-3H3,(H,21,24)(H,26,27)/b20-9?,22-13-/t10-,14?,18+/m1/s1. The van der Waals surface area contributed by atoms with Gasteiger partial charge in [-0.15, -0.1) is 11.8 Å². The molecule has 0 bridgehead atoms. The van der Waals surface area contributed by atoms with Gasteiger partial charge in [0.25, 0.3) is 11.8 Å². The number of hydrogen-bond acceptors (Lipinski definition) is 8. The number of amides is 2. The molecule has 30 heavy (non-hydrogen) atoms. The Bertz CT molecular complexity index is 946. The lowest BCUT2D eigenvalue weighted by atomic mass is 10.0. The average Bonchev–Trinajstić information content (AvgIpc) is 2.74. The van der Waals surface area contributed by atoms with Crippen LogP contribution in [0.1, 0.15) is 12.5 Å². The highest BCUT2D eigenvalue weighted by Gasteiger charge is 2.55. The third kappa shape index (κ3) is 3.88. The Morgan fingerprint density at radius 3 is 2.53 bits per heavy atom. The molecule has 158 valence electrons. The normalized spacial score (nSPS) is 23.7. The van der Waals surface area contributed by atoms with Gasteiger partial charge in [-0.2, -0.15) is 0 Å². The smallest absolute Gasteiger partial charge is 0.353 e. The Balaban J connectivity index is 1.84. The quantitative estimate of drug-likeness (QED) is 0.370. The number of carbonyl (C=O) groups excluding carboxylic acids is 2. The zero-order valence-electron chi connectivity index (χ0n) is 16.4. The van der Waals surface area contributed by atoms with Crippen molar-refractivity contribution < 1.29 is 29.2 Å². The number of carboxylic acid groups (broad SMARTS) is 1. The fraction of sp³-hybridized carbons (Fsp3) is 0.316.